The number of nitrogens with one attached hydrogen (secondary N) is 1. The number of carbonyl (C=O) groups excluding carboxylic acids is 1. The lowest BCUT2D eigenvalue weighted by Crippen LogP contribution is -2.35. The quantitative estimate of drug-likeness (QED) is 0.514. The van der Waals surface area contributed by atoms with Gasteiger partial charge >= 0.3 is 5.97 Å². The van der Waals surface area contributed by atoms with Crippen molar-refractivity contribution in [3.05, 3.63) is 70.8 Å². The second-order valence-corrected chi connectivity index (χ2v) is 7.95. The monoisotopic (exact) mass is 368 g/mol. The summed E-state index contributed by atoms with van der Waals surface area (Å²) in [4.78, 5) is 12.6. The van der Waals surface area contributed by atoms with Crippen LogP contribution in [0.25, 0.3) is 0 Å². The molecular formula is C23H32N2O2. The van der Waals surface area contributed by atoms with Gasteiger partial charge in [-0.3, -0.25) is 0 Å². The van der Waals surface area contributed by atoms with Crippen LogP contribution in [0.2, 0.25) is 0 Å². The van der Waals surface area contributed by atoms with E-state index in [2.05, 4.69) is 32.2 Å². The molecule has 0 radical (unpaired) electrons. The van der Waals surface area contributed by atoms with Gasteiger partial charge in [-0.15, -0.1) is 0 Å². The maximum atomic E-state index is 12.6. The van der Waals surface area contributed by atoms with E-state index in [4.69, 9.17) is 10.5 Å². The van der Waals surface area contributed by atoms with Crippen molar-refractivity contribution in [1.82, 2.24) is 5.32 Å². The lowest BCUT2D eigenvalue weighted by atomic mass is 10.0. The zero-order chi connectivity index (χ0) is 19.7. The van der Waals surface area contributed by atoms with E-state index >= 15 is 0 Å². The molecule has 4 nitrogen and oxygen atoms in total. The number of ether oxygens (including phenoxy) is 1. The van der Waals surface area contributed by atoms with E-state index in [1.54, 1.807) is 0 Å². The van der Waals surface area contributed by atoms with Crippen LogP contribution < -0.4 is 11.1 Å². The third-order valence-corrected chi connectivity index (χ3v) is 4.24. The van der Waals surface area contributed by atoms with Crippen LogP contribution in [0.5, 0.6) is 0 Å². The van der Waals surface area contributed by atoms with Crippen LogP contribution in [0.1, 0.15) is 60.7 Å². The van der Waals surface area contributed by atoms with E-state index in [0.717, 1.165) is 36.0 Å². The summed E-state index contributed by atoms with van der Waals surface area (Å²) < 4.78 is 5.52. The van der Waals surface area contributed by atoms with Gasteiger partial charge in [-0.2, -0.15) is 0 Å². The lowest BCUT2D eigenvalue weighted by Gasteiger charge is -2.21. The SMILES string of the molecule is CC(C)(C)NCc1cc(CCCCN)cc(C(=O)OCc2ccccc2)c1. The van der Waals surface area contributed by atoms with Gasteiger partial charge in [-0.1, -0.05) is 36.4 Å². The standard InChI is InChI=1S/C23H32N2O2/c1-23(2,3)25-16-20-13-19(11-7-8-12-24)14-21(15-20)22(26)27-17-18-9-5-4-6-10-18/h4-6,9-10,13-15,25H,7-8,11-12,16-17,24H2,1-3H3. The Morgan fingerprint density at radius 3 is 2.37 bits per heavy atom. The van der Waals surface area contributed by atoms with Crippen molar-refractivity contribution in [3.8, 4) is 0 Å². The number of hydrogen-bond donors (Lipinski definition) is 2. The van der Waals surface area contributed by atoms with Crippen molar-refractivity contribution in [3.63, 3.8) is 0 Å². The van der Waals surface area contributed by atoms with Crippen LogP contribution >= 0.6 is 0 Å². The molecule has 0 bridgehead atoms. The molecule has 0 amide bonds. The molecule has 2 aromatic carbocycles. The van der Waals surface area contributed by atoms with E-state index in [0.29, 0.717) is 18.7 Å². The van der Waals surface area contributed by atoms with Crippen molar-refractivity contribution >= 4 is 5.97 Å². The Morgan fingerprint density at radius 2 is 1.70 bits per heavy atom. The summed E-state index contributed by atoms with van der Waals surface area (Å²) in [7, 11) is 0. The highest BCUT2D eigenvalue weighted by Crippen LogP contribution is 2.16. The summed E-state index contributed by atoms with van der Waals surface area (Å²) in [5, 5.41) is 3.48. The molecule has 2 rings (SSSR count). The third-order valence-electron chi connectivity index (χ3n) is 4.24. The highest BCUT2D eigenvalue weighted by molar-refractivity contribution is 5.89. The van der Waals surface area contributed by atoms with Gasteiger partial charge < -0.3 is 15.8 Å². The molecule has 4 heteroatoms. The Morgan fingerprint density at radius 1 is 1.00 bits per heavy atom. The number of nitrogens with two attached hydrogens (primary N) is 1. The Hall–Kier alpha value is -2.17. The molecule has 0 atom stereocenters. The Balaban J connectivity index is 2.11. The van der Waals surface area contributed by atoms with E-state index < -0.39 is 0 Å². The fraction of sp³-hybridized carbons (Fsp3) is 0.435. The van der Waals surface area contributed by atoms with Crippen LogP contribution in [0.4, 0.5) is 0 Å². The maximum Gasteiger partial charge on any atom is 0.338 e. The van der Waals surface area contributed by atoms with Crippen molar-refractivity contribution in [2.75, 3.05) is 6.54 Å². The largest absolute Gasteiger partial charge is 0.457 e. The topological polar surface area (TPSA) is 64.3 Å². The average molecular weight is 369 g/mol. The molecule has 0 aromatic heterocycles. The number of benzene rings is 2. The van der Waals surface area contributed by atoms with Crippen molar-refractivity contribution < 1.29 is 9.53 Å². The van der Waals surface area contributed by atoms with Crippen molar-refractivity contribution in [2.24, 2.45) is 5.73 Å². The normalized spacial score (nSPS) is 11.4. The first-order valence-corrected chi connectivity index (χ1v) is 9.66. The average Bonchev–Trinajstić information content (AvgIpc) is 2.65. The summed E-state index contributed by atoms with van der Waals surface area (Å²) in [6, 6.07) is 15.8. The molecule has 0 aliphatic heterocycles. The minimum absolute atomic E-state index is 0.0174. The molecule has 2 aromatic rings. The molecule has 3 N–H and O–H groups in total. The van der Waals surface area contributed by atoms with Crippen molar-refractivity contribution in [1.29, 1.82) is 0 Å². The van der Waals surface area contributed by atoms with E-state index in [1.807, 2.05) is 42.5 Å². The molecule has 0 saturated carbocycles. The predicted octanol–water partition coefficient (Wildman–Crippen LogP) is 4.21. The van der Waals surface area contributed by atoms with Crippen LogP contribution in [0.15, 0.2) is 48.5 Å². The zero-order valence-electron chi connectivity index (χ0n) is 16.8. The maximum absolute atomic E-state index is 12.6. The first-order valence-electron chi connectivity index (χ1n) is 9.66. The highest BCUT2D eigenvalue weighted by Gasteiger charge is 2.13. The predicted molar refractivity (Wildman–Crippen MR) is 111 cm³/mol. The van der Waals surface area contributed by atoms with E-state index in [-0.39, 0.29) is 18.1 Å². The molecule has 0 saturated heterocycles. The molecule has 146 valence electrons. The first kappa shape index (κ1) is 21.1. The lowest BCUT2D eigenvalue weighted by molar-refractivity contribution is 0.0472. The van der Waals surface area contributed by atoms with Crippen LogP contribution in [-0.4, -0.2) is 18.1 Å². The van der Waals surface area contributed by atoms with Gasteiger partial charge in [-0.25, -0.2) is 4.79 Å². The smallest absolute Gasteiger partial charge is 0.338 e. The molecule has 0 aliphatic rings. The van der Waals surface area contributed by atoms with Gasteiger partial charge in [0.1, 0.15) is 6.61 Å². The molecule has 27 heavy (non-hydrogen) atoms. The second kappa shape index (κ2) is 10.2. The Kier molecular flexibility index (Phi) is 8.01. The molecule has 0 heterocycles. The Bertz CT molecular complexity index is 721. The Labute approximate surface area is 163 Å². The summed E-state index contributed by atoms with van der Waals surface area (Å²) >= 11 is 0. The summed E-state index contributed by atoms with van der Waals surface area (Å²) in [5.41, 5.74) is 9.48. The highest BCUT2D eigenvalue weighted by atomic mass is 16.5. The first-order chi connectivity index (χ1) is 12.9. The number of unbranched alkanes of at least 4 members (excludes halogenated alkanes) is 1. The van der Waals surface area contributed by atoms with Crippen LogP contribution in [0.3, 0.4) is 0 Å². The van der Waals surface area contributed by atoms with E-state index in [9.17, 15) is 4.79 Å². The van der Waals surface area contributed by atoms with Gasteiger partial charge in [0.25, 0.3) is 0 Å². The van der Waals surface area contributed by atoms with Gasteiger partial charge in [0.15, 0.2) is 0 Å². The number of carbonyl (C=O) groups is 1. The van der Waals surface area contributed by atoms with Gasteiger partial charge in [-0.05, 0) is 75.4 Å². The summed E-state index contributed by atoms with van der Waals surface area (Å²) in [6.45, 7) is 8.09. The minimum Gasteiger partial charge on any atom is -0.457 e. The van der Waals surface area contributed by atoms with E-state index in [1.165, 1.54) is 0 Å². The molecule has 0 fully saturated rings. The molecule has 0 spiro atoms. The minimum atomic E-state index is -0.281. The van der Waals surface area contributed by atoms with Crippen LogP contribution in [-0.2, 0) is 24.3 Å². The fourth-order valence-corrected chi connectivity index (χ4v) is 2.77. The fourth-order valence-electron chi connectivity index (χ4n) is 2.77. The van der Waals surface area contributed by atoms with Gasteiger partial charge in [0, 0.05) is 12.1 Å². The molecule has 0 aliphatic carbocycles. The van der Waals surface area contributed by atoms with Crippen molar-refractivity contribution in [2.45, 2.75) is 58.7 Å². The summed E-state index contributed by atoms with van der Waals surface area (Å²) in [5.74, 6) is -0.281. The van der Waals surface area contributed by atoms with Crippen LogP contribution in [0, 0.1) is 0 Å². The number of rotatable bonds is 9. The van der Waals surface area contributed by atoms with Gasteiger partial charge in [0.05, 0.1) is 5.56 Å². The summed E-state index contributed by atoms with van der Waals surface area (Å²) in [6.07, 6.45) is 2.92. The zero-order valence-corrected chi connectivity index (χ0v) is 16.8. The third kappa shape index (κ3) is 7.94. The number of aryl methyl sites for hydroxylation is 1. The molecular weight excluding hydrogens is 336 g/mol. The second-order valence-electron chi connectivity index (χ2n) is 7.95. The number of esters is 1. The molecule has 0 unspecified atom stereocenters. The number of hydrogen-bond acceptors (Lipinski definition) is 4. The van der Waals surface area contributed by atoms with Gasteiger partial charge in [0.2, 0.25) is 0 Å².